The second-order valence-corrected chi connectivity index (χ2v) is 5.21. The van der Waals surface area contributed by atoms with Crippen LogP contribution >= 0.6 is 11.6 Å². The van der Waals surface area contributed by atoms with E-state index in [0.29, 0.717) is 10.6 Å². The summed E-state index contributed by atoms with van der Waals surface area (Å²) >= 11 is 5.96. The third-order valence-electron chi connectivity index (χ3n) is 3.21. The molecule has 0 aliphatic rings. The molecule has 0 aromatic heterocycles. The maximum absolute atomic E-state index is 13.0. The minimum Gasteiger partial charge on any atom is -0.495 e. The van der Waals surface area contributed by atoms with Gasteiger partial charge in [0.25, 0.3) is 5.91 Å². The monoisotopic (exact) mass is 343 g/mol. The van der Waals surface area contributed by atoms with Crippen LogP contribution in [0.3, 0.4) is 0 Å². The summed E-state index contributed by atoms with van der Waals surface area (Å²) in [4.78, 5) is 12.2. The SMILES string of the molecule is COc1cc(Cl)c(C)cc1NC(=O)c1ccccc1C(F)(F)F. The van der Waals surface area contributed by atoms with Gasteiger partial charge in [-0.3, -0.25) is 4.79 Å². The summed E-state index contributed by atoms with van der Waals surface area (Å²) in [6.45, 7) is 1.71. The number of ether oxygens (including phenoxy) is 1. The zero-order valence-corrected chi connectivity index (χ0v) is 13.0. The molecule has 0 saturated heterocycles. The minimum absolute atomic E-state index is 0.247. The summed E-state index contributed by atoms with van der Waals surface area (Å²) in [7, 11) is 1.38. The Morgan fingerprint density at radius 1 is 1.22 bits per heavy atom. The van der Waals surface area contributed by atoms with Gasteiger partial charge in [-0.1, -0.05) is 23.7 Å². The van der Waals surface area contributed by atoms with E-state index in [1.165, 1.54) is 31.4 Å². The maximum Gasteiger partial charge on any atom is 0.417 e. The Kier molecular flexibility index (Phi) is 4.85. The van der Waals surface area contributed by atoms with Crippen molar-refractivity contribution >= 4 is 23.2 Å². The highest BCUT2D eigenvalue weighted by Crippen LogP contribution is 2.34. The minimum atomic E-state index is -4.62. The van der Waals surface area contributed by atoms with Gasteiger partial charge in [-0.25, -0.2) is 0 Å². The fraction of sp³-hybridized carbons (Fsp3) is 0.188. The predicted octanol–water partition coefficient (Wildman–Crippen LogP) is 4.93. The van der Waals surface area contributed by atoms with E-state index in [9.17, 15) is 18.0 Å². The number of nitrogens with one attached hydrogen (secondary N) is 1. The van der Waals surface area contributed by atoms with Gasteiger partial charge in [0, 0.05) is 11.1 Å². The van der Waals surface area contributed by atoms with Gasteiger partial charge in [0.2, 0.25) is 0 Å². The molecule has 0 unspecified atom stereocenters. The summed E-state index contributed by atoms with van der Waals surface area (Å²) in [6.07, 6.45) is -4.62. The van der Waals surface area contributed by atoms with E-state index in [0.717, 1.165) is 12.1 Å². The summed E-state index contributed by atoms with van der Waals surface area (Å²) in [5.74, 6) is -0.614. The first kappa shape index (κ1) is 17.1. The highest BCUT2D eigenvalue weighted by Gasteiger charge is 2.34. The molecule has 2 rings (SSSR count). The van der Waals surface area contributed by atoms with Gasteiger partial charge in [0.05, 0.1) is 23.9 Å². The van der Waals surface area contributed by atoms with E-state index in [1.54, 1.807) is 6.92 Å². The highest BCUT2D eigenvalue weighted by atomic mass is 35.5. The number of halogens is 4. The first-order chi connectivity index (χ1) is 10.7. The second-order valence-electron chi connectivity index (χ2n) is 4.80. The smallest absolute Gasteiger partial charge is 0.417 e. The number of carbonyl (C=O) groups excluding carboxylic acids is 1. The van der Waals surface area contributed by atoms with Crippen LogP contribution in [0.1, 0.15) is 21.5 Å². The number of carbonyl (C=O) groups is 1. The number of anilines is 1. The number of hydrogen-bond donors (Lipinski definition) is 1. The molecule has 122 valence electrons. The molecule has 2 aromatic rings. The fourth-order valence-electron chi connectivity index (χ4n) is 2.05. The molecule has 0 fully saturated rings. The molecule has 0 spiro atoms. The molecule has 23 heavy (non-hydrogen) atoms. The second kappa shape index (κ2) is 6.50. The molecule has 0 aliphatic carbocycles. The molecule has 1 amide bonds. The van der Waals surface area contributed by atoms with Crippen molar-refractivity contribution < 1.29 is 22.7 Å². The predicted molar refractivity (Wildman–Crippen MR) is 82.1 cm³/mol. The molecule has 0 atom stereocenters. The molecule has 2 aromatic carbocycles. The van der Waals surface area contributed by atoms with Crippen LogP contribution in [-0.2, 0) is 6.18 Å². The summed E-state index contributed by atoms with van der Waals surface area (Å²) < 4.78 is 44.1. The van der Waals surface area contributed by atoms with Crippen LogP contribution in [0, 0.1) is 6.92 Å². The quantitative estimate of drug-likeness (QED) is 0.858. The number of benzene rings is 2. The van der Waals surface area contributed by atoms with Crippen LogP contribution < -0.4 is 10.1 Å². The molecule has 3 nitrogen and oxygen atoms in total. The number of methoxy groups -OCH3 is 1. The van der Waals surface area contributed by atoms with E-state index >= 15 is 0 Å². The van der Waals surface area contributed by atoms with Crippen molar-refractivity contribution in [3.63, 3.8) is 0 Å². The first-order valence-corrected chi connectivity index (χ1v) is 6.93. The molecular weight excluding hydrogens is 331 g/mol. The standard InChI is InChI=1S/C16H13ClF3NO2/c1-9-7-13(14(23-2)8-12(9)17)21-15(22)10-5-3-4-6-11(10)16(18,19)20/h3-8H,1-2H3,(H,21,22). The largest absolute Gasteiger partial charge is 0.495 e. The van der Waals surface area contributed by atoms with Gasteiger partial charge in [-0.15, -0.1) is 0 Å². The number of hydrogen-bond acceptors (Lipinski definition) is 2. The van der Waals surface area contributed by atoms with Crippen molar-refractivity contribution in [2.45, 2.75) is 13.1 Å². The van der Waals surface area contributed by atoms with Gasteiger partial charge in [0.1, 0.15) is 5.75 Å². The molecule has 0 bridgehead atoms. The van der Waals surface area contributed by atoms with Crippen LogP contribution in [0.5, 0.6) is 5.75 Å². The van der Waals surface area contributed by atoms with Crippen molar-refractivity contribution in [1.29, 1.82) is 0 Å². The Morgan fingerprint density at radius 3 is 2.48 bits per heavy atom. The third kappa shape index (κ3) is 3.76. The van der Waals surface area contributed by atoms with Crippen LogP contribution in [0.15, 0.2) is 36.4 Å². The topological polar surface area (TPSA) is 38.3 Å². The van der Waals surface area contributed by atoms with Crippen molar-refractivity contribution in [3.05, 3.63) is 58.1 Å². The van der Waals surface area contributed by atoms with E-state index in [2.05, 4.69) is 5.32 Å². The number of aryl methyl sites for hydroxylation is 1. The molecule has 0 heterocycles. The lowest BCUT2D eigenvalue weighted by Gasteiger charge is -2.15. The average molecular weight is 344 g/mol. The first-order valence-electron chi connectivity index (χ1n) is 6.55. The van der Waals surface area contributed by atoms with Crippen molar-refractivity contribution in [2.75, 3.05) is 12.4 Å². The summed E-state index contributed by atoms with van der Waals surface area (Å²) in [5.41, 5.74) is -0.556. The summed E-state index contributed by atoms with van der Waals surface area (Å²) in [5, 5.41) is 2.86. The van der Waals surface area contributed by atoms with Crippen molar-refractivity contribution in [1.82, 2.24) is 0 Å². The van der Waals surface area contributed by atoms with Crippen molar-refractivity contribution in [3.8, 4) is 5.75 Å². The third-order valence-corrected chi connectivity index (χ3v) is 3.61. The average Bonchev–Trinajstić information content (AvgIpc) is 2.49. The lowest BCUT2D eigenvalue weighted by molar-refractivity contribution is -0.137. The zero-order valence-electron chi connectivity index (χ0n) is 12.3. The van der Waals surface area contributed by atoms with Gasteiger partial charge in [-0.05, 0) is 30.7 Å². The fourth-order valence-corrected chi connectivity index (χ4v) is 2.20. The van der Waals surface area contributed by atoms with E-state index < -0.39 is 23.2 Å². The van der Waals surface area contributed by atoms with E-state index in [-0.39, 0.29) is 11.4 Å². The number of alkyl halides is 3. The van der Waals surface area contributed by atoms with Gasteiger partial charge in [-0.2, -0.15) is 13.2 Å². The van der Waals surface area contributed by atoms with E-state index in [1.807, 2.05) is 0 Å². The van der Waals surface area contributed by atoms with Gasteiger partial charge >= 0.3 is 6.18 Å². The Labute approximate surface area is 136 Å². The maximum atomic E-state index is 13.0. The van der Waals surface area contributed by atoms with E-state index in [4.69, 9.17) is 16.3 Å². The number of amides is 1. The Morgan fingerprint density at radius 2 is 1.87 bits per heavy atom. The molecule has 7 heteroatoms. The normalized spacial score (nSPS) is 11.2. The van der Waals surface area contributed by atoms with Crippen LogP contribution in [0.25, 0.3) is 0 Å². The number of rotatable bonds is 3. The summed E-state index contributed by atoms with van der Waals surface area (Å²) in [6, 6.07) is 7.60. The van der Waals surface area contributed by atoms with Crippen LogP contribution in [0.4, 0.5) is 18.9 Å². The lowest BCUT2D eigenvalue weighted by Crippen LogP contribution is -2.19. The van der Waals surface area contributed by atoms with Gasteiger partial charge in [0.15, 0.2) is 0 Å². The Balaban J connectivity index is 2.40. The molecule has 1 N–H and O–H groups in total. The Hall–Kier alpha value is -2.21. The molecule has 0 saturated carbocycles. The zero-order chi connectivity index (χ0) is 17.2. The highest BCUT2D eigenvalue weighted by molar-refractivity contribution is 6.31. The van der Waals surface area contributed by atoms with Gasteiger partial charge < -0.3 is 10.1 Å². The molecule has 0 aliphatic heterocycles. The van der Waals surface area contributed by atoms with Crippen LogP contribution in [-0.4, -0.2) is 13.0 Å². The lowest BCUT2D eigenvalue weighted by atomic mass is 10.1. The Bertz CT molecular complexity index is 745. The molecule has 0 radical (unpaired) electrons. The van der Waals surface area contributed by atoms with Crippen LogP contribution in [0.2, 0.25) is 5.02 Å². The van der Waals surface area contributed by atoms with Crippen molar-refractivity contribution in [2.24, 2.45) is 0 Å². The molecular formula is C16H13ClF3NO2.